The normalized spacial score (nSPS) is 10.9. The maximum atomic E-state index is 11.7. The minimum Gasteiger partial charge on any atom is -0.345 e. The maximum Gasteiger partial charge on any atom is 0.240 e. The van der Waals surface area contributed by atoms with E-state index in [1.165, 1.54) is 0 Å². The Kier molecular flexibility index (Phi) is 13.1. The molecule has 0 atom stereocenters. The predicted octanol–water partition coefficient (Wildman–Crippen LogP) is 3.67. The van der Waals surface area contributed by atoms with E-state index in [1.54, 1.807) is 30.3 Å². The number of unbranched alkanes of at least 4 members (excludes halogenated alkanes) is 2. The van der Waals surface area contributed by atoms with Gasteiger partial charge >= 0.3 is 0 Å². The smallest absolute Gasteiger partial charge is 0.240 e. The molecule has 0 unspecified atom stereocenters. The van der Waals surface area contributed by atoms with E-state index in [2.05, 4.69) is 32.4 Å². The van der Waals surface area contributed by atoms with Crippen LogP contribution in [0.25, 0.3) is 0 Å². The Morgan fingerprint density at radius 2 is 1.72 bits per heavy atom. The number of benzene rings is 1. The third-order valence-electron chi connectivity index (χ3n) is 3.39. The molecular weight excluding hydrogens is 336 g/mol. The Balaban J connectivity index is 0.000000504. The van der Waals surface area contributed by atoms with Crippen molar-refractivity contribution >= 4 is 16.4 Å². The van der Waals surface area contributed by atoms with Crippen molar-refractivity contribution in [2.45, 2.75) is 58.3 Å². The molecule has 0 aliphatic heterocycles. The highest BCUT2D eigenvalue weighted by atomic mass is 32.2. The summed E-state index contributed by atoms with van der Waals surface area (Å²) in [5, 5.41) is 0. The van der Waals surface area contributed by atoms with Gasteiger partial charge in [0, 0.05) is 19.6 Å². The molecule has 0 aliphatic rings. The number of amides is 1. The van der Waals surface area contributed by atoms with Crippen molar-refractivity contribution in [2.75, 3.05) is 19.6 Å². The van der Waals surface area contributed by atoms with Gasteiger partial charge in [0.25, 0.3) is 0 Å². The highest BCUT2D eigenvalue weighted by Gasteiger charge is 2.11. The fourth-order valence-corrected chi connectivity index (χ4v) is 3.30. The molecule has 0 aliphatic carbocycles. The third kappa shape index (κ3) is 11.7. The first kappa shape index (κ1) is 23.6. The summed E-state index contributed by atoms with van der Waals surface area (Å²) in [7, 11) is -3.29. The number of nitrogens with zero attached hydrogens (tertiary/aromatic N) is 1. The average Bonchev–Trinajstić information content (AvgIpc) is 2.59. The SMILES string of the molecule is CCCCCNS(=O)(=O)c1ccccc1.CCCN(C=O)CC(C)C. The van der Waals surface area contributed by atoms with Gasteiger partial charge in [0.2, 0.25) is 16.4 Å². The summed E-state index contributed by atoms with van der Waals surface area (Å²) in [6.07, 6.45) is 5.02. The van der Waals surface area contributed by atoms with Gasteiger partial charge in [-0.25, -0.2) is 13.1 Å². The van der Waals surface area contributed by atoms with Gasteiger partial charge in [-0.1, -0.05) is 58.7 Å². The van der Waals surface area contributed by atoms with Gasteiger partial charge in [-0.2, -0.15) is 0 Å². The largest absolute Gasteiger partial charge is 0.345 e. The van der Waals surface area contributed by atoms with Gasteiger partial charge in [-0.05, 0) is 30.9 Å². The van der Waals surface area contributed by atoms with Crippen molar-refractivity contribution in [2.24, 2.45) is 5.92 Å². The lowest BCUT2D eigenvalue weighted by molar-refractivity contribution is -0.118. The van der Waals surface area contributed by atoms with E-state index in [0.717, 1.165) is 45.2 Å². The van der Waals surface area contributed by atoms with Gasteiger partial charge in [0.05, 0.1) is 4.90 Å². The van der Waals surface area contributed by atoms with Gasteiger partial charge < -0.3 is 4.90 Å². The zero-order valence-electron chi connectivity index (χ0n) is 16.1. The molecule has 1 rings (SSSR count). The van der Waals surface area contributed by atoms with Gasteiger partial charge in [0.15, 0.2) is 0 Å². The summed E-state index contributed by atoms with van der Waals surface area (Å²) >= 11 is 0. The molecule has 0 spiro atoms. The number of hydrogen-bond donors (Lipinski definition) is 1. The second kappa shape index (κ2) is 13.8. The van der Waals surface area contributed by atoms with Crippen molar-refractivity contribution in [3.63, 3.8) is 0 Å². The van der Waals surface area contributed by atoms with Crippen molar-refractivity contribution in [1.82, 2.24) is 9.62 Å². The number of nitrogens with one attached hydrogen (secondary N) is 1. The van der Waals surface area contributed by atoms with Crippen molar-refractivity contribution < 1.29 is 13.2 Å². The van der Waals surface area contributed by atoms with E-state index in [-0.39, 0.29) is 0 Å². The molecular formula is C19H34N2O3S. The molecule has 25 heavy (non-hydrogen) atoms. The van der Waals surface area contributed by atoms with E-state index >= 15 is 0 Å². The lowest BCUT2D eigenvalue weighted by Gasteiger charge is -2.17. The van der Waals surface area contributed by atoms with Crippen LogP contribution in [0.1, 0.15) is 53.4 Å². The first-order valence-electron chi connectivity index (χ1n) is 9.11. The predicted molar refractivity (Wildman–Crippen MR) is 104 cm³/mol. The second-order valence-electron chi connectivity index (χ2n) is 6.41. The molecule has 5 nitrogen and oxygen atoms in total. The Morgan fingerprint density at radius 1 is 1.08 bits per heavy atom. The monoisotopic (exact) mass is 370 g/mol. The molecule has 1 aromatic rings. The third-order valence-corrected chi connectivity index (χ3v) is 4.86. The van der Waals surface area contributed by atoms with Crippen LogP contribution in [0, 0.1) is 5.92 Å². The van der Waals surface area contributed by atoms with Crippen LogP contribution in [-0.4, -0.2) is 39.4 Å². The van der Waals surface area contributed by atoms with Crippen LogP contribution in [-0.2, 0) is 14.8 Å². The molecule has 0 heterocycles. The minimum absolute atomic E-state index is 0.335. The van der Waals surface area contributed by atoms with E-state index in [1.807, 2.05) is 4.90 Å². The zero-order chi connectivity index (χ0) is 19.1. The average molecular weight is 371 g/mol. The molecule has 144 valence electrons. The summed E-state index contributed by atoms with van der Waals surface area (Å²) in [4.78, 5) is 12.5. The number of carbonyl (C=O) groups is 1. The van der Waals surface area contributed by atoms with E-state index in [9.17, 15) is 13.2 Å². The Bertz CT molecular complexity index is 545. The number of rotatable bonds is 11. The molecule has 0 radical (unpaired) electrons. The summed E-state index contributed by atoms with van der Waals surface area (Å²) in [5.74, 6) is 0.580. The van der Waals surface area contributed by atoms with Gasteiger partial charge in [-0.3, -0.25) is 4.79 Å². The highest BCUT2D eigenvalue weighted by Crippen LogP contribution is 2.07. The topological polar surface area (TPSA) is 66.5 Å². The fraction of sp³-hybridized carbons (Fsp3) is 0.632. The highest BCUT2D eigenvalue weighted by molar-refractivity contribution is 7.89. The lowest BCUT2D eigenvalue weighted by atomic mass is 10.2. The minimum atomic E-state index is -3.29. The summed E-state index contributed by atoms with van der Waals surface area (Å²) in [5.41, 5.74) is 0. The molecule has 0 fully saturated rings. The molecule has 1 amide bonds. The molecule has 0 bridgehead atoms. The van der Waals surface area contributed by atoms with Crippen LogP contribution in [0.3, 0.4) is 0 Å². The molecule has 1 N–H and O–H groups in total. The molecule has 0 saturated carbocycles. The van der Waals surface area contributed by atoms with Crippen molar-refractivity contribution in [3.05, 3.63) is 30.3 Å². The van der Waals surface area contributed by atoms with Crippen molar-refractivity contribution in [1.29, 1.82) is 0 Å². The lowest BCUT2D eigenvalue weighted by Crippen LogP contribution is -2.26. The first-order valence-corrected chi connectivity index (χ1v) is 10.6. The van der Waals surface area contributed by atoms with Crippen LogP contribution in [0.2, 0.25) is 0 Å². The number of carbonyl (C=O) groups excluding carboxylic acids is 1. The number of hydrogen-bond acceptors (Lipinski definition) is 3. The summed E-state index contributed by atoms with van der Waals surface area (Å²) in [6, 6.07) is 8.45. The van der Waals surface area contributed by atoms with E-state index in [4.69, 9.17) is 0 Å². The van der Waals surface area contributed by atoms with Crippen LogP contribution >= 0.6 is 0 Å². The zero-order valence-corrected chi connectivity index (χ0v) is 16.9. The quantitative estimate of drug-likeness (QED) is 0.477. The molecule has 0 saturated heterocycles. The Morgan fingerprint density at radius 3 is 2.20 bits per heavy atom. The molecule has 1 aromatic carbocycles. The number of sulfonamides is 1. The van der Waals surface area contributed by atoms with Gasteiger partial charge in [-0.15, -0.1) is 0 Å². The van der Waals surface area contributed by atoms with Gasteiger partial charge in [0.1, 0.15) is 0 Å². The van der Waals surface area contributed by atoms with Crippen LogP contribution in [0.4, 0.5) is 0 Å². The molecule has 0 aromatic heterocycles. The second-order valence-corrected chi connectivity index (χ2v) is 8.18. The Hall–Kier alpha value is -1.40. The Labute approximate surface area is 153 Å². The summed E-state index contributed by atoms with van der Waals surface area (Å²) in [6.45, 7) is 10.7. The standard InChI is InChI=1S/C11H17NO2S.C8H17NO/c1-2-3-7-10-12-15(13,14)11-8-5-4-6-9-11;1-4-5-9(7-10)6-8(2)3/h4-6,8-9,12H,2-3,7,10H2,1H3;7-8H,4-6H2,1-3H3. The van der Waals surface area contributed by atoms with Crippen LogP contribution < -0.4 is 4.72 Å². The first-order chi connectivity index (χ1) is 11.9. The van der Waals surface area contributed by atoms with Crippen LogP contribution in [0.5, 0.6) is 0 Å². The van der Waals surface area contributed by atoms with Crippen molar-refractivity contribution in [3.8, 4) is 0 Å². The van der Waals surface area contributed by atoms with E-state index < -0.39 is 10.0 Å². The fourth-order valence-electron chi connectivity index (χ4n) is 2.21. The van der Waals surface area contributed by atoms with Crippen LogP contribution in [0.15, 0.2) is 35.2 Å². The summed E-state index contributed by atoms with van der Waals surface area (Å²) < 4.78 is 26.0. The van der Waals surface area contributed by atoms with E-state index in [0.29, 0.717) is 17.4 Å². The maximum absolute atomic E-state index is 11.7. The molecule has 6 heteroatoms.